The number of epoxide rings is 1. The number of allylic oxidation sites excluding steroid dienone is 2. The zero-order chi connectivity index (χ0) is 14.9. The highest BCUT2D eigenvalue weighted by Gasteiger charge is 2.71. The Morgan fingerprint density at radius 2 is 1.95 bits per heavy atom. The molecule has 0 bridgehead atoms. The molecule has 0 amide bonds. The van der Waals surface area contributed by atoms with Crippen LogP contribution in [0.5, 0.6) is 0 Å². The fourth-order valence-electron chi connectivity index (χ4n) is 5.62. The lowest BCUT2D eigenvalue weighted by Crippen LogP contribution is -2.49. The third kappa shape index (κ3) is 1.66. The van der Waals surface area contributed by atoms with Crippen molar-refractivity contribution in [3.05, 3.63) is 11.6 Å². The number of fused-ring (bicyclic) bond motifs is 1. The SMILES string of the molecule is C/C1=C/C[C@@H]2CC[C@@H]3O[C@]23C(=O)[C@@H]2CC3(CC[C@@H]12)OCCO3. The van der Waals surface area contributed by atoms with Gasteiger partial charge in [0.1, 0.15) is 0 Å². The van der Waals surface area contributed by atoms with E-state index >= 15 is 0 Å². The molecule has 2 saturated heterocycles. The van der Waals surface area contributed by atoms with E-state index in [9.17, 15) is 4.79 Å². The molecule has 2 aliphatic heterocycles. The quantitative estimate of drug-likeness (QED) is 0.510. The topological polar surface area (TPSA) is 48.1 Å². The van der Waals surface area contributed by atoms with E-state index < -0.39 is 11.4 Å². The number of Topliss-reactive ketones (excluding diaryl/α,β-unsaturated/α-hetero) is 1. The standard InChI is InChI=1S/C18H24O4/c1-11-2-3-12-4-5-15-18(12,22-15)16(19)14-10-17(7-6-13(11)14)20-8-9-21-17/h2,12-15H,3-10H2,1H3/b11-2-/t12-,13+,14-,15+,18-/m1/s1. The van der Waals surface area contributed by atoms with Crippen molar-refractivity contribution in [2.45, 2.75) is 62.9 Å². The molecule has 0 aromatic rings. The Balaban J connectivity index is 1.52. The van der Waals surface area contributed by atoms with Gasteiger partial charge in [-0.15, -0.1) is 0 Å². The summed E-state index contributed by atoms with van der Waals surface area (Å²) in [5.74, 6) is 0.617. The lowest BCUT2D eigenvalue weighted by Gasteiger charge is -2.43. The van der Waals surface area contributed by atoms with Crippen molar-refractivity contribution >= 4 is 5.78 Å². The van der Waals surface area contributed by atoms with Gasteiger partial charge in [0.2, 0.25) is 0 Å². The average Bonchev–Trinajstić information content (AvgIpc) is 2.91. The van der Waals surface area contributed by atoms with Gasteiger partial charge in [-0.2, -0.15) is 0 Å². The van der Waals surface area contributed by atoms with Crippen LogP contribution in [0.3, 0.4) is 0 Å². The molecule has 120 valence electrons. The molecule has 0 unspecified atom stereocenters. The molecular formula is C18H24O4. The van der Waals surface area contributed by atoms with Gasteiger partial charge in [0, 0.05) is 24.7 Å². The minimum absolute atomic E-state index is 0.00833. The molecule has 0 N–H and O–H groups in total. The Morgan fingerprint density at radius 1 is 1.14 bits per heavy atom. The number of carbonyl (C=O) groups is 1. The fraction of sp³-hybridized carbons (Fsp3) is 0.833. The van der Waals surface area contributed by atoms with Gasteiger partial charge in [0.05, 0.1) is 19.3 Å². The highest BCUT2D eigenvalue weighted by atomic mass is 16.7. The van der Waals surface area contributed by atoms with Crippen LogP contribution in [0.4, 0.5) is 0 Å². The minimum atomic E-state index is -0.495. The smallest absolute Gasteiger partial charge is 0.171 e. The van der Waals surface area contributed by atoms with Crippen molar-refractivity contribution in [1.29, 1.82) is 0 Å². The lowest BCUT2D eigenvalue weighted by molar-refractivity contribution is -0.195. The second-order valence-electron chi connectivity index (χ2n) is 7.79. The van der Waals surface area contributed by atoms with Crippen LogP contribution >= 0.6 is 0 Å². The van der Waals surface area contributed by atoms with Crippen molar-refractivity contribution in [2.24, 2.45) is 17.8 Å². The van der Waals surface area contributed by atoms with E-state index in [-0.39, 0.29) is 12.0 Å². The van der Waals surface area contributed by atoms with Crippen molar-refractivity contribution in [2.75, 3.05) is 13.2 Å². The number of ether oxygens (including phenoxy) is 3. The van der Waals surface area contributed by atoms with Crippen LogP contribution < -0.4 is 0 Å². The molecule has 0 radical (unpaired) electrons. The van der Waals surface area contributed by atoms with E-state index in [0.717, 1.165) is 32.1 Å². The van der Waals surface area contributed by atoms with E-state index in [0.29, 0.717) is 37.3 Å². The molecule has 22 heavy (non-hydrogen) atoms. The molecule has 5 atom stereocenters. The summed E-state index contributed by atoms with van der Waals surface area (Å²) in [5.41, 5.74) is 0.946. The maximum absolute atomic E-state index is 13.4. The van der Waals surface area contributed by atoms with Crippen LogP contribution in [0.2, 0.25) is 0 Å². The van der Waals surface area contributed by atoms with Gasteiger partial charge < -0.3 is 14.2 Å². The van der Waals surface area contributed by atoms with Gasteiger partial charge in [-0.3, -0.25) is 4.79 Å². The van der Waals surface area contributed by atoms with Crippen LogP contribution in [-0.2, 0) is 19.0 Å². The average molecular weight is 304 g/mol. The van der Waals surface area contributed by atoms with E-state index in [1.54, 1.807) is 0 Å². The Hall–Kier alpha value is -0.710. The minimum Gasteiger partial charge on any atom is -0.357 e. The monoisotopic (exact) mass is 304 g/mol. The van der Waals surface area contributed by atoms with Crippen molar-refractivity contribution in [3.63, 3.8) is 0 Å². The van der Waals surface area contributed by atoms with Crippen LogP contribution in [0, 0.1) is 17.8 Å². The maximum atomic E-state index is 13.4. The number of hydrogen-bond donors (Lipinski definition) is 0. The number of rotatable bonds is 0. The molecule has 4 heteroatoms. The summed E-state index contributed by atoms with van der Waals surface area (Å²) in [6.45, 7) is 3.53. The van der Waals surface area contributed by atoms with Crippen LogP contribution in [0.25, 0.3) is 0 Å². The molecule has 4 nitrogen and oxygen atoms in total. The summed E-state index contributed by atoms with van der Waals surface area (Å²) in [6, 6.07) is 0. The van der Waals surface area contributed by atoms with Crippen LogP contribution in [0.1, 0.15) is 45.4 Å². The lowest BCUT2D eigenvalue weighted by atomic mass is 9.65. The molecular weight excluding hydrogens is 280 g/mol. The molecule has 0 aromatic carbocycles. The largest absolute Gasteiger partial charge is 0.357 e. The van der Waals surface area contributed by atoms with Gasteiger partial charge in [-0.05, 0) is 38.5 Å². The van der Waals surface area contributed by atoms with Gasteiger partial charge in [0.15, 0.2) is 17.2 Å². The summed E-state index contributed by atoms with van der Waals surface area (Å²) >= 11 is 0. The Labute approximate surface area is 131 Å². The van der Waals surface area contributed by atoms with Gasteiger partial charge in [0.25, 0.3) is 0 Å². The Bertz CT molecular complexity index is 547. The predicted molar refractivity (Wildman–Crippen MR) is 79.2 cm³/mol. The van der Waals surface area contributed by atoms with Crippen LogP contribution in [-0.4, -0.2) is 36.5 Å². The number of carbonyl (C=O) groups excluding carboxylic acids is 1. The summed E-state index contributed by atoms with van der Waals surface area (Å²) in [5, 5.41) is 0. The van der Waals surface area contributed by atoms with E-state index in [4.69, 9.17) is 14.2 Å². The van der Waals surface area contributed by atoms with Gasteiger partial charge in [-0.25, -0.2) is 0 Å². The van der Waals surface area contributed by atoms with Crippen molar-refractivity contribution < 1.29 is 19.0 Å². The first-order chi connectivity index (χ1) is 10.6. The molecule has 5 rings (SSSR count). The first kappa shape index (κ1) is 13.7. The highest BCUT2D eigenvalue weighted by molar-refractivity contribution is 5.94. The Morgan fingerprint density at radius 3 is 2.73 bits per heavy atom. The molecule has 5 aliphatic rings. The summed E-state index contributed by atoms with van der Waals surface area (Å²) in [7, 11) is 0. The molecule has 4 fully saturated rings. The van der Waals surface area contributed by atoms with E-state index in [1.165, 1.54) is 5.57 Å². The zero-order valence-corrected chi connectivity index (χ0v) is 13.2. The van der Waals surface area contributed by atoms with Crippen molar-refractivity contribution in [3.8, 4) is 0 Å². The first-order valence-corrected chi connectivity index (χ1v) is 8.81. The number of hydrogen-bond acceptors (Lipinski definition) is 4. The molecule has 0 aromatic heterocycles. The van der Waals surface area contributed by atoms with Crippen LogP contribution in [0.15, 0.2) is 11.6 Å². The Kier molecular flexibility index (Phi) is 2.76. The molecule has 2 heterocycles. The molecule has 2 saturated carbocycles. The van der Waals surface area contributed by atoms with E-state index in [1.807, 2.05) is 0 Å². The molecule has 2 spiro atoms. The second-order valence-corrected chi connectivity index (χ2v) is 7.79. The normalized spacial score (nSPS) is 51.3. The number of ketones is 1. The van der Waals surface area contributed by atoms with Gasteiger partial charge >= 0.3 is 0 Å². The summed E-state index contributed by atoms with van der Waals surface area (Å²) in [6.07, 6.45) is 8.39. The maximum Gasteiger partial charge on any atom is 0.171 e. The predicted octanol–water partition coefficient (Wildman–Crippen LogP) is 2.61. The van der Waals surface area contributed by atoms with Crippen molar-refractivity contribution in [1.82, 2.24) is 0 Å². The highest BCUT2D eigenvalue weighted by Crippen LogP contribution is 2.60. The zero-order valence-electron chi connectivity index (χ0n) is 13.2. The fourth-order valence-corrected chi connectivity index (χ4v) is 5.62. The second kappa shape index (κ2) is 4.43. The first-order valence-electron chi connectivity index (χ1n) is 8.81. The third-order valence-electron chi connectivity index (χ3n) is 6.84. The summed E-state index contributed by atoms with van der Waals surface area (Å²) < 4.78 is 17.8. The molecule has 3 aliphatic carbocycles. The van der Waals surface area contributed by atoms with E-state index in [2.05, 4.69) is 13.0 Å². The summed E-state index contributed by atoms with van der Waals surface area (Å²) in [4.78, 5) is 13.4. The third-order valence-corrected chi connectivity index (χ3v) is 6.84. The van der Waals surface area contributed by atoms with Gasteiger partial charge in [-0.1, -0.05) is 11.6 Å².